The summed E-state index contributed by atoms with van der Waals surface area (Å²) in [6.07, 6.45) is 61.0. The molecule has 10 atom stereocenters. The summed E-state index contributed by atoms with van der Waals surface area (Å²) in [6.45, 7) is 23.4. The van der Waals surface area contributed by atoms with Gasteiger partial charge in [-0.25, -0.2) is 0 Å². The molecule has 0 aromatic carbocycles. The molecule has 2 saturated carbocycles. The van der Waals surface area contributed by atoms with Gasteiger partial charge in [-0.05, 0) is 124 Å². The van der Waals surface area contributed by atoms with Gasteiger partial charge in [0, 0.05) is 6.54 Å². The molecular weight excluding hydrogens is 1140 g/mol. The van der Waals surface area contributed by atoms with Crippen molar-refractivity contribution in [3.63, 3.8) is 0 Å². The normalized spacial score (nSPS) is 19.0. The minimum absolute atomic E-state index is 0.0171. The van der Waals surface area contributed by atoms with Crippen molar-refractivity contribution >= 4 is 23.9 Å². The van der Waals surface area contributed by atoms with E-state index in [-0.39, 0.29) is 42.1 Å². The van der Waals surface area contributed by atoms with Crippen LogP contribution in [0.5, 0.6) is 0 Å². The Morgan fingerprint density at radius 3 is 0.891 bits per heavy atom. The fourth-order valence-corrected chi connectivity index (χ4v) is 15.4. The molecule has 10 nitrogen and oxygen atoms in total. The number of fused-ring (bicyclic) bond motifs is 2. The molecule has 10 heteroatoms. The van der Waals surface area contributed by atoms with Gasteiger partial charge in [-0.3, -0.25) is 19.2 Å². The number of esters is 4. The topological polar surface area (TPSA) is 129 Å². The summed E-state index contributed by atoms with van der Waals surface area (Å²) < 4.78 is 25.0. The van der Waals surface area contributed by atoms with Gasteiger partial charge in [0.15, 0.2) is 0 Å². The smallest absolute Gasteiger partial charge is 0.323 e. The predicted molar refractivity (Wildman–Crippen MR) is 390 cm³/mol. The van der Waals surface area contributed by atoms with E-state index in [1.54, 1.807) is 0 Å². The monoisotopic (exact) mass is 1300 g/mol. The summed E-state index contributed by atoms with van der Waals surface area (Å²) in [5, 5.41) is 7.35. The van der Waals surface area contributed by atoms with Crippen LogP contribution in [-0.2, 0) is 38.1 Å². The molecule has 0 heterocycles. The van der Waals surface area contributed by atoms with Crippen molar-refractivity contribution in [3.05, 3.63) is 0 Å². The van der Waals surface area contributed by atoms with Gasteiger partial charge in [0.25, 0.3) is 0 Å². The number of carbonyl (C=O) groups excluding carboxylic acids is 4. The zero-order valence-electron chi connectivity index (χ0n) is 62.7. The number of ether oxygens (including phenoxy) is 4. The van der Waals surface area contributed by atoms with E-state index in [0.717, 1.165) is 83.5 Å². The first-order valence-corrected chi connectivity index (χ1v) is 41.0. The van der Waals surface area contributed by atoms with Gasteiger partial charge >= 0.3 is 23.9 Å². The molecule has 2 rings (SSSR count). The first-order valence-electron chi connectivity index (χ1n) is 41.0. The van der Waals surface area contributed by atoms with Gasteiger partial charge in [-0.1, -0.05) is 319 Å². The van der Waals surface area contributed by atoms with E-state index in [9.17, 15) is 19.2 Å². The molecule has 0 aromatic rings. The fourth-order valence-electron chi connectivity index (χ4n) is 15.4. The molecule has 2 aliphatic carbocycles. The Morgan fingerprint density at radius 2 is 0.609 bits per heavy atom. The number of carbonyl (C=O) groups is 4. The Morgan fingerprint density at radius 1 is 0.348 bits per heavy atom. The maximum absolute atomic E-state index is 14.5. The van der Waals surface area contributed by atoms with Crippen molar-refractivity contribution in [2.45, 2.75) is 415 Å². The Kier molecular flexibility index (Phi) is 55.0. The van der Waals surface area contributed by atoms with Gasteiger partial charge in [-0.2, -0.15) is 0 Å². The van der Waals surface area contributed by atoms with Crippen LogP contribution in [0.1, 0.15) is 403 Å². The van der Waals surface area contributed by atoms with Crippen LogP contribution in [0.25, 0.3) is 0 Å². The molecule has 0 spiro atoms. The lowest BCUT2D eigenvalue weighted by Crippen LogP contribution is -2.48. The molecule has 2 fully saturated rings. The zero-order valence-corrected chi connectivity index (χ0v) is 62.7. The Labute approximate surface area is 570 Å². The van der Waals surface area contributed by atoms with E-state index in [1.807, 2.05) is 0 Å². The van der Waals surface area contributed by atoms with Gasteiger partial charge < -0.3 is 29.6 Å². The molecule has 0 aromatic heterocycles. The van der Waals surface area contributed by atoms with Crippen LogP contribution in [0.3, 0.4) is 0 Å². The zero-order chi connectivity index (χ0) is 67.0. The highest BCUT2D eigenvalue weighted by Crippen LogP contribution is 2.58. The van der Waals surface area contributed by atoms with Gasteiger partial charge in [0.05, 0.1) is 39.3 Å². The molecule has 10 unspecified atom stereocenters. The summed E-state index contributed by atoms with van der Waals surface area (Å²) in [7, 11) is 0. The summed E-state index contributed by atoms with van der Waals surface area (Å²) in [5.74, 6) is 1.33. The summed E-state index contributed by atoms with van der Waals surface area (Å²) in [4.78, 5) is 57.0. The van der Waals surface area contributed by atoms with Crippen LogP contribution < -0.4 is 10.6 Å². The Balaban J connectivity index is 2.31. The molecular formula is C82H156N2O8. The lowest BCUT2D eigenvalue weighted by molar-refractivity contribution is -0.154. The van der Waals surface area contributed by atoms with E-state index in [2.05, 4.69) is 72.9 Å². The van der Waals surface area contributed by atoms with Gasteiger partial charge in [0.1, 0.15) is 12.1 Å². The maximum Gasteiger partial charge on any atom is 0.323 e. The van der Waals surface area contributed by atoms with E-state index in [0.29, 0.717) is 80.9 Å². The second-order valence-corrected chi connectivity index (χ2v) is 30.6. The summed E-state index contributed by atoms with van der Waals surface area (Å²) in [6, 6.07) is -1.53. The largest absolute Gasteiger partial charge is 0.465 e. The maximum atomic E-state index is 14.5. The highest BCUT2D eigenvalue weighted by Gasteiger charge is 2.52. The molecule has 0 aliphatic heterocycles. The third-order valence-corrected chi connectivity index (χ3v) is 21.9. The van der Waals surface area contributed by atoms with E-state index >= 15 is 0 Å². The van der Waals surface area contributed by atoms with Crippen molar-refractivity contribution in [3.8, 4) is 0 Å². The first-order chi connectivity index (χ1) is 44.9. The van der Waals surface area contributed by atoms with Crippen molar-refractivity contribution in [1.82, 2.24) is 10.6 Å². The van der Waals surface area contributed by atoms with Crippen LogP contribution in [0.15, 0.2) is 0 Å². The van der Waals surface area contributed by atoms with E-state index in [4.69, 9.17) is 18.9 Å². The highest BCUT2D eigenvalue weighted by atomic mass is 16.5. The second kappa shape index (κ2) is 58.9. The number of hydrogen-bond donors (Lipinski definition) is 2. The molecule has 2 N–H and O–H groups in total. The Bertz CT molecular complexity index is 1730. The third-order valence-electron chi connectivity index (χ3n) is 21.9. The minimum atomic E-state index is -0.771. The number of hydrogen-bond acceptors (Lipinski definition) is 10. The second-order valence-electron chi connectivity index (χ2n) is 30.6. The van der Waals surface area contributed by atoms with Crippen LogP contribution in [0.4, 0.5) is 0 Å². The van der Waals surface area contributed by atoms with Crippen LogP contribution in [-0.4, -0.2) is 75.5 Å². The summed E-state index contributed by atoms with van der Waals surface area (Å²) in [5.41, 5.74) is -0.0726. The van der Waals surface area contributed by atoms with Crippen molar-refractivity contribution in [2.24, 2.45) is 46.8 Å². The molecule has 542 valence electrons. The van der Waals surface area contributed by atoms with Crippen LogP contribution in [0, 0.1) is 46.8 Å². The van der Waals surface area contributed by atoms with Crippen molar-refractivity contribution in [1.29, 1.82) is 0 Å². The van der Waals surface area contributed by atoms with Crippen LogP contribution in [0.2, 0.25) is 0 Å². The van der Waals surface area contributed by atoms with Crippen molar-refractivity contribution in [2.75, 3.05) is 39.5 Å². The van der Waals surface area contributed by atoms with Crippen LogP contribution >= 0.6 is 0 Å². The van der Waals surface area contributed by atoms with Gasteiger partial charge in [-0.15, -0.1) is 0 Å². The Hall–Kier alpha value is -2.20. The van der Waals surface area contributed by atoms with E-state index < -0.39 is 12.1 Å². The number of nitrogens with one attached hydrogen (secondary N) is 2. The molecule has 0 amide bonds. The minimum Gasteiger partial charge on any atom is -0.465 e. The quantitative estimate of drug-likeness (QED) is 0.0345. The molecule has 92 heavy (non-hydrogen) atoms. The number of rotatable bonds is 68. The molecule has 2 bridgehead atoms. The lowest BCUT2D eigenvalue weighted by atomic mass is 9.71. The predicted octanol–water partition coefficient (Wildman–Crippen LogP) is 23.3. The standard InChI is InChI=1S/C82H156N2O8/c1-10-18-26-34-38-46-54-69(50-42-30-22-14-5)64-89-78(85)60-76(80(87)91-66-71(52-44-32-24-16-7)56-48-40-36-28-20-12-3)83-63-74-59-75-58-73(74)62-82(75,9)68-84-77(81(88)92-67-72(53-45-33-25-17-8)57-49-41-37-29-21-13-4)61-79(86)90-65-70(51-43-31-23-15-6)55-47-39-35-27-19-11-2/h69-77,83-84H,10-68H2,1-9H3. The fraction of sp³-hybridized carbons (Fsp3) is 0.951. The summed E-state index contributed by atoms with van der Waals surface area (Å²) >= 11 is 0. The third kappa shape index (κ3) is 43.2. The number of unbranched alkanes of at least 4 members (excludes halogenated alkanes) is 32. The van der Waals surface area contributed by atoms with E-state index in [1.165, 1.54) is 244 Å². The first kappa shape index (κ1) is 85.9. The van der Waals surface area contributed by atoms with Gasteiger partial charge in [0.2, 0.25) is 0 Å². The van der Waals surface area contributed by atoms with Crippen molar-refractivity contribution < 1.29 is 38.1 Å². The molecule has 0 saturated heterocycles. The molecule has 0 radical (unpaired) electrons. The molecule has 2 aliphatic rings. The average Bonchev–Trinajstić information content (AvgIpc) is 1.61. The SMILES string of the molecule is CCCCCCCCC(CCCCCC)COC(=O)CC(NCC1CC2CC1CC2(C)CNC(CC(=O)OCC(CCCCCC)CCCCCCCC)C(=O)OCC(CCCCCC)CCCCCCCC)C(=O)OCC(CCCCCC)CCCCCCCC. The lowest BCUT2D eigenvalue weighted by Gasteiger charge is -2.38. The average molecular weight is 1300 g/mol. The highest BCUT2D eigenvalue weighted by molar-refractivity contribution is 5.83.